The van der Waals surface area contributed by atoms with Crippen molar-refractivity contribution < 1.29 is 14.3 Å². The van der Waals surface area contributed by atoms with Gasteiger partial charge in [0.05, 0.1) is 20.6 Å². The number of methoxy groups -OCH3 is 2. The van der Waals surface area contributed by atoms with E-state index >= 15 is 0 Å². The molecule has 0 aliphatic heterocycles. The molecule has 2 aromatic rings. The first-order chi connectivity index (χ1) is 9.26. The molecule has 0 spiro atoms. The van der Waals surface area contributed by atoms with Gasteiger partial charge in [0, 0.05) is 5.39 Å². The summed E-state index contributed by atoms with van der Waals surface area (Å²) in [4.78, 5) is 11.1. The summed E-state index contributed by atoms with van der Waals surface area (Å²) in [6.07, 6.45) is 4.01. The predicted molar refractivity (Wildman–Crippen MR) is 76.2 cm³/mol. The molecule has 0 saturated heterocycles. The topological polar surface area (TPSA) is 35.5 Å². The van der Waals surface area contributed by atoms with Crippen molar-refractivity contribution in [3.63, 3.8) is 0 Å². The Morgan fingerprint density at radius 3 is 2.53 bits per heavy atom. The second kappa shape index (κ2) is 6.05. The van der Waals surface area contributed by atoms with Crippen LogP contribution in [-0.4, -0.2) is 20.2 Å². The lowest BCUT2D eigenvalue weighted by atomic mass is 10.0. The van der Waals surface area contributed by atoms with Crippen molar-refractivity contribution in [2.45, 2.75) is 6.42 Å². The van der Waals surface area contributed by atoms with Gasteiger partial charge in [0.25, 0.3) is 0 Å². The first-order valence-corrected chi connectivity index (χ1v) is 6.05. The Hall–Kier alpha value is -2.29. The van der Waals surface area contributed by atoms with Gasteiger partial charge in [-0.05, 0) is 17.0 Å². The molecule has 0 aromatic heterocycles. The maximum absolute atomic E-state index is 11.1. The number of carbonyl (C=O) groups excluding carboxylic acids is 1. The Morgan fingerprint density at radius 1 is 1.11 bits per heavy atom. The summed E-state index contributed by atoms with van der Waals surface area (Å²) in [5.41, 5.74) is 1.06. The maximum atomic E-state index is 11.1. The zero-order valence-electron chi connectivity index (χ0n) is 11.1. The van der Waals surface area contributed by atoms with Gasteiger partial charge in [0.2, 0.25) is 0 Å². The van der Waals surface area contributed by atoms with Crippen LogP contribution in [0.2, 0.25) is 0 Å². The first kappa shape index (κ1) is 13.1. The fourth-order valence-electron chi connectivity index (χ4n) is 1.98. The van der Waals surface area contributed by atoms with E-state index in [0.29, 0.717) is 0 Å². The maximum Gasteiger partial charge on any atom is 0.309 e. The monoisotopic (exact) mass is 256 g/mol. The summed E-state index contributed by atoms with van der Waals surface area (Å²) < 4.78 is 9.95. The quantitative estimate of drug-likeness (QED) is 0.786. The minimum Gasteiger partial charge on any atom is -0.496 e. The minimum absolute atomic E-state index is 0.242. The molecule has 0 unspecified atom stereocenters. The van der Waals surface area contributed by atoms with Crippen molar-refractivity contribution in [3.05, 3.63) is 48.0 Å². The summed E-state index contributed by atoms with van der Waals surface area (Å²) in [5, 5.41) is 2.16. The van der Waals surface area contributed by atoms with E-state index in [1.807, 2.05) is 42.5 Å². The number of fused-ring (bicyclic) bond motifs is 1. The largest absolute Gasteiger partial charge is 0.496 e. The molecule has 3 nitrogen and oxygen atoms in total. The number of ether oxygens (including phenoxy) is 2. The second-order valence-corrected chi connectivity index (χ2v) is 4.09. The number of esters is 1. The molecular weight excluding hydrogens is 240 g/mol. The van der Waals surface area contributed by atoms with Crippen LogP contribution < -0.4 is 4.74 Å². The number of benzene rings is 2. The minimum atomic E-state index is -0.242. The molecule has 0 bridgehead atoms. The molecule has 0 heterocycles. The average Bonchev–Trinajstić information content (AvgIpc) is 2.47. The molecule has 3 heteroatoms. The fraction of sp³-hybridized carbons (Fsp3) is 0.188. The highest BCUT2D eigenvalue weighted by molar-refractivity contribution is 5.95. The van der Waals surface area contributed by atoms with Crippen molar-refractivity contribution in [1.29, 1.82) is 0 Å². The zero-order valence-corrected chi connectivity index (χ0v) is 11.1. The summed E-state index contributed by atoms with van der Waals surface area (Å²) in [6.45, 7) is 0. The molecule has 0 amide bonds. The van der Waals surface area contributed by atoms with Crippen molar-refractivity contribution in [2.24, 2.45) is 0 Å². The summed E-state index contributed by atoms with van der Waals surface area (Å²) >= 11 is 0. The molecular formula is C16H16O3. The number of hydrogen-bond donors (Lipinski definition) is 0. The number of rotatable bonds is 4. The van der Waals surface area contributed by atoms with Crippen molar-refractivity contribution in [3.8, 4) is 5.75 Å². The first-order valence-electron chi connectivity index (χ1n) is 6.05. The SMILES string of the molecule is COC(=O)CC=Cc1ccc(OC)c2ccccc12. The average molecular weight is 256 g/mol. The molecule has 0 N–H and O–H groups in total. The highest BCUT2D eigenvalue weighted by Gasteiger charge is 2.03. The highest BCUT2D eigenvalue weighted by atomic mass is 16.5. The molecule has 0 radical (unpaired) electrons. The lowest BCUT2D eigenvalue weighted by Gasteiger charge is -2.07. The van der Waals surface area contributed by atoms with Gasteiger partial charge in [0.15, 0.2) is 0 Å². The molecule has 2 rings (SSSR count). The van der Waals surface area contributed by atoms with Gasteiger partial charge < -0.3 is 9.47 Å². The van der Waals surface area contributed by atoms with Crippen LogP contribution in [0.5, 0.6) is 5.75 Å². The highest BCUT2D eigenvalue weighted by Crippen LogP contribution is 2.28. The standard InChI is InChI=1S/C16H16O3/c1-18-15-11-10-12(6-5-9-16(17)19-2)13-7-3-4-8-14(13)15/h3-8,10-11H,9H2,1-2H3. The van der Waals surface area contributed by atoms with E-state index in [1.165, 1.54) is 7.11 Å². The van der Waals surface area contributed by atoms with Gasteiger partial charge >= 0.3 is 5.97 Å². The molecule has 0 saturated carbocycles. The van der Waals surface area contributed by atoms with Crippen LogP contribution in [0, 0.1) is 0 Å². The smallest absolute Gasteiger partial charge is 0.309 e. The van der Waals surface area contributed by atoms with Crippen LogP contribution in [0.15, 0.2) is 42.5 Å². The van der Waals surface area contributed by atoms with E-state index in [9.17, 15) is 4.79 Å². The third kappa shape index (κ3) is 2.94. The Bertz CT molecular complexity index is 614. The molecule has 0 atom stereocenters. The van der Waals surface area contributed by atoms with E-state index in [4.69, 9.17) is 4.74 Å². The third-order valence-corrected chi connectivity index (χ3v) is 2.95. The third-order valence-electron chi connectivity index (χ3n) is 2.95. The summed E-state index contributed by atoms with van der Waals surface area (Å²) in [7, 11) is 3.05. The molecule has 19 heavy (non-hydrogen) atoms. The van der Waals surface area contributed by atoms with Crippen LogP contribution in [0.25, 0.3) is 16.8 Å². The van der Waals surface area contributed by atoms with Crippen LogP contribution in [0.3, 0.4) is 0 Å². The van der Waals surface area contributed by atoms with Gasteiger partial charge in [-0.25, -0.2) is 0 Å². The Kier molecular flexibility index (Phi) is 4.18. The van der Waals surface area contributed by atoms with E-state index in [1.54, 1.807) is 13.2 Å². The zero-order chi connectivity index (χ0) is 13.7. The van der Waals surface area contributed by atoms with Gasteiger partial charge in [-0.2, -0.15) is 0 Å². The number of hydrogen-bond acceptors (Lipinski definition) is 3. The van der Waals surface area contributed by atoms with Gasteiger partial charge in [-0.3, -0.25) is 4.79 Å². The van der Waals surface area contributed by atoms with Gasteiger partial charge in [0.1, 0.15) is 5.75 Å². The predicted octanol–water partition coefficient (Wildman–Crippen LogP) is 3.42. The molecule has 0 aliphatic carbocycles. The Labute approximate surface area is 112 Å². The molecule has 0 fully saturated rings. The van der Waals surface area contributed by atoms with Crippen LogP contribution >= 0.6 is 0 Å². The van der Waals surface area contributed by atoms with E-state index in [-0.39, 0.29) is 12.4 Å². The van der Waals surface area contributed by atoms with Crippen LogP contribution in [-0.2, 0) is 9.53 Å². The van der Waals surface area contributed by atoms with Gasteiger partial charge in [-0.15, -0.1) is 0 Å². The summed E-state index contributed by atoms with van der Waals surface area (Å²) in [5.74, 6) is 0.606. The van der Waals surface area contributed by atoms with E-state index < -0.39 is 0 Å². The lowest BCUT2D eigenvalue weighted by Crippen LogP contribution is -1.96. The van der Waals surface area contributed by atoms with Crippen molar-refractivity contribution in [1.82, 2.24) is 0 Å². The van der Waals surface area contributed by atoms with Crippen LogP contribution in [0.1, 0.15) is 12.0 Å². The molecule has 2 aromatic carbocycles. The Balaban J connectivity index is 2.37. The summed E-state index contributed by atoms with van der Waals surface area (Å²) in [6, 6.07) is 11.9. The van der Waals surface area contributed by atoms with Crippen molar-refractivity contribution >= 4 is 22.8 Å². The fourth-order valence-corrected chi connectivity index (χ4v) is 1.98. The van der Waals surface area contributed by atoms with Gasteiger partial charge in [-0.1, -0.05) is 42.5 Å². The van der Waals surface area contributed by atoms with E-state index in [0.717, 1.165) is 22.1 Å². The number of carbonyl (C=O) groups is 1. The Morgan fingerprint density at radius 2 is 1.84 bits per heavy atom. The van der Waals surface area contributed by atoms with Crippen LogP contribution in [0.4, 0.5) is 0 Å². The van der Waals surface area contributed by atoms with Crippen molar-refractivity contribution in [2.75, 3.05) is 14.2 Å². The normalized spacial score (nSPS) is 10.8. The molecule has 98 valence electrons. The van der Waals surface area contributed by atoms with E-state index in [2.05, 4.69) is 4.74 Å². The lowest BCUT2D eigenvalue weighted by molar-refractivity contribution is -0.139. The molecule has 0 aliphatic rings. The second-order valence-electron chi connectivity index (χ2n) is 4.09.